The first-order valence-electron chi connectivity index (χ1n) is 14.2. The van der Waals surface area contributed by atoms with E-state index in [1.165, 1.54) is 6.92 Å². The van der Waals surface area contributed by atoms with Gasteiger partial charge in [-0.3, -0.25) is 9.52 Å². The molecule has 44 heavy (non-hydrogen) atoms. The highest BCUT2D eigenvalue weighted by Gasteiger charge is 2.23. The molecular weight excluding hydrogens is 580 g/mol. The van der Waals surface area contributed by atoms with Gasteiger partial charge in [0.05, 0.1) is 23.9 Å². The average molecular weight is 615 g/mol. The summed E-state index contributed by atoms with van der Waals surface area (Å²) in [5.41, 5.74) is 9.00. The van der Waals surface area contributed by atoms with Crippen molar-refractivity contribution < 1.29 is 27.5 Å². The van der Waals surface area contributed by atoms with Crippen LogP contribution in [0.2, 0.25) is 0 Å². The second kappa shape index (κ2) is 12.9. The number of anilines is 1. The Hall–Kier alpha value is -4.74. The number of nitrogens with one attached hydrogen (secondary N) is 1. The Bertz CT molecular complexity index is 1940. The third-order valence-corrected chi connectivity index (χ3v) is 8.26. The molecule has 0 spiro atoms. The van der Waals surface area contributed by atoms with E-state index in [1.807, 2.05) is 36.4 Å². The molecule has 0 amide bonds. The summed E-state index contributed by atoms with van der Waals surface area (Å²) in [6.45, 7) is 5.22. The van der Waals surface area contributed by atoms with Crippen molar-refractivity contribution in [3.05, 3.63) is 107 Å². The van der Waals surface area contributed by atoms with Crippen LogP contribution in [-0.2, 0) is 43.1 Å². The minimum atomic E-state index is -3.73. The van der Waals surface area contributed by atoms with Crippen LogP contribution >= 0.6 is 0 Å². The molecule has 3 aromatic carbocycles. The maximum atomic E-state index is 13.5. The fraction of sp³-hybridized carbons (Fsp3) is 0.242. The Morgan fingerprint density at radius 3 is 2.36 bits per heavy atom. The first-order valence-corrected chi connectivity index (χ1v) is 15.8. The summed E-state index contributed by atoms with van der Waals surface area (Å²) in [5, 5.41) is 2.37. The van der Waals surface area contributed by atoms with Crippen LogP contribution in [0.4, 0.5) is 5.69 Å². The Kier molecular flexibility index (Phi) is 8.98. The van der Waals surface area contributed by atoms with Crippen molar-refractivity contribution in [2.45, 2.75) is 45.9 Å². The van der Waals surface area contributed by atoms with Crippen LogP contribution in [0.15, 0.2) is 84.9 Å². The molecule has 2 heterocycles. The molecule has 0 radical (unpaired) electrons. The lowest BCUT2D eigenvalue weighted by Gasteiger charge is -2.17. The van der Waals surface area contributed by atoms with E-state index in [2.05, 4.69) is 9.71 Å². The molecule has 10 nitrogen and oxygen atoms in total. The number of nitrogens with zero attached hydrogens (tertiary/aromatic N) is 2. The molecule has 1 unspecified atom stereocenters. The summed E-state index contributed by atoms with van der Waals surface area (Å²) in [5.74, 6) is -1.75. The Morgan fingerprint density at radius 1 is 0.909 bits per heavy atom. The van der Waals surface area contributed by atoms with Crippen LogP contribution in [0.3, 0.4) is 0 Å². The van der Waals surface area contributed by atoms with Gasteiger partial charge in [-0.1, -0.05) is 68.4 Å². The molecule has 5 rings (SSSR count). The molecule has 0 aliphatic rings. The van der Waals surface area contributed by atoms with E-state index in [4.69, 9.17) is 15.2 Å². The molecule has 0 bridgehead atoms. The third-order valence-electron chi connectivity index (χ3n) is 7.00. The molecule has 1 atom stereocenters. The number of hydrogen-bond acceptors (Lipinski definition) is 8. The summed E-state index contributed by atoms with van der Waals surface area (Å²) >= 11 is 0. The number of rotatable bonds is 11. The van der Waals surface area contributed by atoms with Gasteiger partial charge in [-0.05, 0) is 52.2 Å². The van der Waals surface area contributed by atoms with Gasteiger partial charge in [0.1, 0.15) is 11.3 Å². The van der Waals surface area contributed by atoms with E-state index in [9.17, 15) is 18.0 Å². The Balaban J connectivity index is 1.54. The summed E-state index contributed by atoms with van der Waals surface area (Å²) in [4.78, 5) is 30.2. The lowest BCUT2D eigenvalue weighted by molar-refractivity contribution is -0.169. The van der Waals surface area contributed by atoms with Gasteiger partial charge < -0.3 is 19.8 Å². The third kappa shape index (κ3) is 7.07. The number of carbonyl (C=O) groups is 2. The number of nitrogens with two attached hydrogens (primary N) is 1. The van der Waals surface area contributed by atoms with Crippen molar-refractivity contribution in [1.82, 2.24) is 9.55 Å². The van der Waals surface area contributed by atoms with Gasteiger partial charge in [-0.15, -0.1) is 0 Å². The van der Waals surface area contributed by atoms with Crippen LogP contribution in [0.5, 0.6) is 0 Å². The van der Waals surface area contributed by atoms with Crippen molar-refractivity contribution in [1.29, 1.82) is 0 Å². The molecule has 228 valence electrons. The van der Waals surface area contributed by atoms with Gasteiger partial charge in [-0.25, -0.2) is 18.2 Å². The quantitative estimate of drug-likeness (QED) is 0.150. The molecule has 0 saturated carbocycles. The standard InChI is InChI=1S/C33H34N4O6S/c1-21(2)32(38)42-22(3)43-33(39)30-17-25-13-14-27(18-34)35-31(25)37(30)19-26-16-28(15-24-11-7-8-12-29(24)26)36-44(40,41)20-23-9-5-4-6-10-23/h4-17,21-22,36H,18-20,34H2,1-3H3. The summed E-state index contributed by atoms with van der Waals surface area (Å²) < 4.78 is 41.4. The van der Waals surface area contributed by atoms with Gasteiger partial charge in [0.25, 0.3) is 0 Å². The molecule has 0 aliphatic heterocycles. The summed E-state index contributed by atoms with van der Waals surface area (Å²) in [6.07, 6.45) is -1.11. The van der Waals surface area contributed by atoms with Gasteiger partial charge in [0.2, 0.25) is 16.3 Å². The Labute approximate surface area is 255 Å². The first-order chi connectivity index (χ1) is 21.0. The van der Waals surface area contributed by atoms with Crippen LogP contribution < -0.4 is 10.5 Å². The average Bonchev–Trinajstić information content (AvgIpc) is 3.34. The zero-order valence-electron chi connectivity index (χ0n) is 24.7. The molecule has 5 aromatic rings. The summed E-state index contributed by atoms with van der Waals surface area (Å²) in [7, 11) is -3.73. The lowest BCUT2D eigenvalue weighted by Crippen LogP contribution is -2.25. The zero-order chi connectivity index (χ0) is 31.4. The number of esters is 2. The van der Waals surface area contributed by atoms with Crippen LogP contribution in [-0.4, -0.2) is 36.2 Å². The highest BCUT2D eigenvalue weighted by molar-refractivity contribution is 7.91. The molecule has 2 aromatic heterocycles. The van der Waals surface area contributed by atoms with Crippen molar-refractivity contribution in [2.75, 3.05) is 4.72 Å². The molecule has 11 heteroatoms. The Morgan fingerprint density at radius 2 is 1.64 bits per heavy atom. The van der Waals surface area contributed by atoms with Crippen LogP contribution in [0, 0.1) is 5.92 Å². The van der Waals surface area contributed by atoms with E-state index >= 15 is 0 Å². The predicted octanol–water partition coefficient (Wildman–Crippen LogP) is 5.34. The first kappa shape index (κ1) is 30.7. The lowest BCUT2D eigenvalue weighted by atomic mass is 10.0. The number of ether oxygens (including phenoxy) is 2. The summed E-state index contributed by atoms with van der Waals surface area (Å²) in [6, 6.07) is 25.3. The topological polar surface area (TPSA) is 143 Å². The molecule has 3 N–H and O–H groups in total. The maximum absolute atomic E-state index is 13.5. The number of sulfonamides is 1. The van der Waals surface area contributed by atoms with Gasteiger partial charge in [0.15, 0.2) is 0 Å². The largest absolute Gasteiger partial charge is 0.425 e. The van der Waals surface area contributed by atoms with Gasteiger partial charge in [0, 0.05) is 24.5 Å². The molecular formula is C33H34N4O6S. The number of carbonyl (C=O) groups excluding carboxylic acids is 2. The highest BCUT2D eigenvalue weighted by Crippen LogP contribution is 2.29. The second-order valence-electron chi connectivity index (χ2n) is 10.8. The molecule has 0 aliphatic carbocycles. The zero-order valence-corrected chi connectivity index (χ0v) is 25.5. The SMILES string of the molecule is CC(OC(=O)c1cc2ccc(CN)nc2n1Cc1cc(NS(=O)(=O)Cc2ccccc2)cc2ccccc12)OC(=O)C(C)C. The smallest absolute Gasteiger partial charge is 0.358 e. The fourth-order valence-electron chi connectivity index (χ4n) is 4.90. The van der Waals surface area contributed by atoms with E-state index in [1.54, 1.807) is 66.9 Å². The molecule has 0 saturated heterocycles. The minimum Gasteiger partial charge on any atom is -0.425 e. The predicted molar refractivity (Wildman–Crippen MR) is 169 cm³/mol. The van der Waals surface area contributed by atoms with E-state index < -0.39 is 28.3 Å². The monoisotopic (exact) mass is 614 g/mol. The number of benzene rings is 3. The van der Waals surface area contributed by atoms with Crippen LogP contribution in [0.1, 0.15) is 48.1 Å². The normalized spacial score (nSPS) is 12.4. The second-order valence-corrected chi connectivity index (χ2v) is 12.5. The van der Waals surface area contributed by atoms with E-state index in [0.29, 0.717) is 28.0 Å². The van der Waals surface area contributed by atoms with Crippen molar-refractivity contribution in [3.63, 3.8) is 0 Å². The minimum absolute atomic E-state index is 0.157. The van der Waals surface area contributed by atoms with Crippen molar-refractivity contribution in [2.24, 2.45) is 11.7 Å². The molecule has 0 fully saturated rings. The van der Waals surface area contributed by atoms with Crippen LogP contribution in [0.25, 0.3) is 21.8 Å². The maximum Gasteiger partial charge on any atom is 0.358 e. The number of pyridine rings is 1. The van der Waals surface area contributed by atoms with Gasteiger partial charge >= 0.3 is 11.9 Å². The van der Waals surface area contributed by atoms with E-state index in [-0.39, 0.29) is 30.5 Å². The van der Waals surface area contributed by atoms with Crippen molar-refractivity contribution in [3.8, 4) is 0 Å². The van der Waals surface area contributed by atoms with Gasteiger partial charge in [-0.2, -0.15) is 0 Å². The number of aromatic nitrogens is 2. The number of fused-ring (bicyclic) bond motifs is 2. The number of hydrogen-bond donors (Lipinski definition) is 2. The highest BCUT2D eigenvalue weighted by atomic mass is 32.2. The van der Waals surface area contributed by atoms with Crippen molar-refractivity contribution >= 4 is 49.5 Å². The van der Waals surface area contributed by atoms with E-state index in [0.717, 1.165) is 16.3 Å². The fourth-order valence-corrected chi connectivity index (χ4v) is 6.08.